The molecule has 0 spiro atoms. The Morgan fingerprint density at radius 2 is 2.32 bits per heavy atom. The fourth-order valence-electron chi connectivity index (χ4n) is 1.43. The zero-order valence-corrected chi connectivity index (χ0v) is 11.9. The van der Waals surface area contributed by atoms with Crippen LogP contribution in [0.25, 0.3) is 0 Å². The van der Waals surface area contributed by atoms with Crippen molar-refractivity contribution in [1.29, 1.82) is 0 Å². The summed E-state index contributed by atoms with van der Waals surface area (Å²) in [6.07, 6.45) is -0.176. The predicted molar refractivity (Wildman–Crippen MR) is 74.7 cm³/mol. The average molecular weight is 287 g/mol. The first-order valence-corrected chi connectivity index (χ1v) is 6.42. The summed E-state index contributed by atoms with van der Waals surface area (Å²) in [5.41, 5.74) is 0. The number of carbonyl (C=O) groups is 1. The lowest BCUT2D eigenvalue weighted by Gasteiger charge is -2.19. The minimum Gasteiger partial charge on any atom is -0.489 e. The van der Waals surface area contributed by atoms with Crippen LogP contribution < -0.4 is 10.1 Å². The summed E-state index contributed by atoms with van der Waals surface area (Å²) in [5.74, 6) is 0.665. The number of hydrogen-bond donors (Lipinski definition) is 2. The first-order valence-electron chi connectivity index (χ1n) is 6.05. The number of likely N-dealkylation sites (N-methyl/N-ethyl adjacent to an activating group) is 1. The third kappa shape index (κ3) is 5.81. The van der Waals surface area contributed by atoms with Crippen LogP contribution >= 0.6 is 11.6 Å². The topological polar surface area (TPSA) is 61.8 Å². The van der Waals surface area contributed by atoms with Crippen LogP contribution in [-0.4, -0.2) is 48.9 Å². The summed E-state index contributed by atoms with van der Waals surface area (Å²) >= 11 is 5.85. The van der Waals surface area contributed by atoms with Crippen molar-refractivity contribution in [3.63, 3.8) is 0 Å². The van der Waals surface area contributed by atoms with Gasteiger partial charge in [-0.25, -0.2) is 4.79 Å². The molecule has 1 rings (SSSR count). The summed E-state index contributed by atoms with van der Waals surface area (Å²) in [7, 11) is 1.62. The molecule has 5 nitrogen and oxygen atoms in total. The monoisotopic (exact) mass is 286 g/mol. The van der Waals surface area contributed by atoms with Gasteiger partial charge in [-0.05, 0) is 25.1 Å². The second-order valence-electron chi connectivity index (χ2n) is 4.22. The van der Waals surface area contributed by atoms with Crippen molar-refractivity contribution < 1.29 is 14.6 Å². The van der Waals surface area contributed by atoms with Gasteiger partial charge in [-0.3, -0.25) is 0 Å². The molecule has 0 saturated heterocycles. The summed E-state index contributed by atoms with van der Waals surface area (Å²) in [5, 5.41) is 12.1. The molecule has 2 amide bonds. The number of carbonyl (C=O) groups excluding carboxylic acids is 1. The molecular weight excluding hydrogens is 268 g/mol. The first kappa shape index (κ1) is 15.6. The molecule has 0 fully saturated rings. The van der Waals surface area contributed by atoms with Gasteiger partial charge in [-0.15, -0.1) is 0 Å². The highest BCUT2D eigenvalue weighted by Crippen LogP contribution is 2.18. The molecular formula is C13H19ClN2O3. The van der Waals surface area contributed by atoms with Gasteiger partial charge in [0.25, 0.3) is 0 Å². The largest absolute Gasteiger partial charge is 0.489 e. The Morgan fingerprint density at radius 1 is 1.58 bits per heavy atom. The molecule has 0 aliphatic heterocycles. The van der Waals surface area contributed by atoms with Gasteiger partial charge >= 0.3 is 6.03 Å². The number of urea groups is 1. The van der Waals surface area contributed by atoms with Crippen molar-refractivity contribution in [3.05, 3.63) is 29.3 Å². The van der Waals surface area contributed by atoms with Crippen LogP contribution in [0.5, 0.6) is 5.75 Å². The Hall–Kier alpha value is -1.46. The van der Waals surface area contributed by atoms with Crippen LogP contribution in [0.1, 0.15) is 6.92 Å². The number of ether oxygens (including phenoxy) is 1. The first-order chi connectivity index (χ1) is 9.02. The summed E-state index contributed by atoms with van der Waals surface area (Å²) in [6, 6.07) is 6.86. The van der Waals surface area contributed by atoms with Gasteiger partial charge in [0.05, 0.1) is 13.2 Å². The Kier molecular flexibility index (Phi) is 6.45. The Labute approximate surface area is 118 Å². The number of amides is 2. The van der Waals surface area contributed by atoms with E-state index in [1.807, 2.05) is 13.0 Å². The van der Waals surface area contributed by atoms with Gasteiger partial charge in [-0.1, -0.05) is 17.7 Å². The molecule has 6 heteroatoms. The average Bonchev–Trinajstić information content (AvgIpc) is 2.36. The second-order valence-corrected chi connectivity index (χ2v) is 4.65. The quantitative estimate of drug-likeness (QED) is 0.837. The van der Waals surface area contributed by atoms with Crippen LogP contribution in [-0.2, 0) is 0 Å². The molecule has 1 aromatic carbocycles. The molecule has 0 saturated carbocycles. The number of rotatable bonds is 6. The Balaban J connectivity index is 2.35. The van der Waals surface area contributed by atoms with E-state index in [9.17, 15) is 4.79 Å². The van der Waals surface area contributed by atoms with E-state index in [4.69, 9.17) is 21.4 Å². The fraction of sp³-hybridized carbons (Fsp3) is 0.462. The van der Waals surface area contributed by atoms with Gasteiger partial charge < -0.3 is 20.1 Å². The molecule has 1 aromatic rings. The number of nitrogens with one attached hydrogen (secondary N) is 1. The van der Waals surface area contributed by atoms with E-state index in [-0.39, 0.29) is 18.7 Å². The summed E-state index contributed by atoms with van der Waals surface area (Å²) in [4.78, 5) is 13.0. The van der Waals surface area contributed by atoms with Gasteiger partial charge in [0.15, 0.2) is 0 Å². The summed E-state index contributed by atoms with van der Waals surface area (Å²) in [6.45, 7) is 2.47. The second kappa shape index (κ2) is 7.86. The Bertz CT molecular complexity index is 415. The molecule has 2 N–H and O–H groups in total. The van der Waals surface area contributed by atoms with E-state index in [1.54, 1.807) is 25.2 Å². The molecule has 0 heterocycles. The highest BCUT2D eigenvalue weighted by molar-refractivity contribution is 6.30. The number of aliphatic hydroxyl groups excluding tert-OH is 1. The van der Waals surface area contributed by atoms with Crippen molar-refractivity contribution in [2.45, 2.75) is 13.0 Å². The third-order valence-corrected chi connectivity index (χ3v) is 2.69. The molecule has 19 heavy (non-hydrogen) atoms. The van der Waals surface area contributed by atoms with Gasteiger partial charge in [0.1, 0.15) is 11.9 Å². The van der Waals surface area contributed by atoms with E-state index in [0.29, 0.717) is 23.9 Å². The van der Waals surface area contributed by atoms with E-state index in [2.05, 4.69) is 5.32 Å². The lowest BCUT2D eigenvalue weighted by atomic mass is 10.3. The zero-order valence-electron chi connectivity index (χ0n) is 11.1. The van der Waals surface area contributed by atoms with Crippen molar-refractivity contribution in [2.75, 3.05) is 26.7 Å². The van der Waals surface area contributed by atoms with E-state index >= 15 is 0 Å². The van der Waals surface area contributed by atoms with E-state index in [1.165, 1.54) is 4.90 Å². The van der Waals surface area contributed by atoms with E-state index < -0.39 is 0 Å². The molecule has 1 unspecified atom stereocenters. The molecule has 0 aromatic heterocycles. The highest BCUT2D eigenvalue weighted by atomic mass is 35.5. The minimum absolute atomic E-state index is 0.0571. The SMILES string of the molecule is CC(CNC(=O)N(C)CCO)Oc1cccc(Cl)c1. The van der Waals surface area contributed by atoms with Crippen LogP contribution in [0.2, 0.25) is 5.02 Å². The van der Waals surface area contributed by atoms with Crippen molar-refractivity contribution >= 4 is 17.6 Å². The zero-order chi connectivity index (χ0) is 14.3. The predicted octanol–water partition coefficient (Wildman–Crippen LogP) is 1.74. The standard InChI is InChI=1S/C13H19ClN2O3/c1-10(9-15-13(18)16(2)6-7-17)19-12-5-3-4-11(14)8-12/h3-5,8,10,17H,6-7,9H2,1-2H3,(H,15,18). The van der Waals surface area contributed by atoms with Crippen molar-refractivity contribution in [3.8, 4) is 5.75 Å². The van der Waals surface area contributed by atoms with Crippen molar-refractivity contribution in [2.24, 2.45) is 0 Å². The van der Waals surface area contributed by atoms with Crippen LogP contribution in [0, 0.1) is 0 Å². The lowest BCUT2D eigenvalue weighted by molar-refractivity contribution is 0.178. The number of benzene rings is 1. The summed E-state index contributed by atoms with van der Waals surface area (Å²) < 4.78 is 5.62. The third-order valence-electron chi connectivity index (χ3n) is 2.46. The maximum Gasteiger partial charge on any atom is 0.317 e. The molecule has 0 radical (unpaired) electrons. The fourth-order valence-corrected chi connectivity index (χ4v) is 1.61. The van der Waals surface area contributed by atoms with Gasteiger partial charge in [0.2, 0.25) is 0 Å². The number of nitrogens with zero attached hydrogens (tertiary/aromatic N) is 1. The molecule has 1 atom stereocenters. The van der Waals surface area contributed by atoms with Gasteiger partial charge in [0, 0.05) is 18.6 Å². The van der Waals surface area contributed by atoms with E-state index in [0.717, 1.165) is 0 Å². The van der Waals surface area contributed by atoms with Crippen LogP contribution in [0.15, 0.2) is 24.3 Å². The number of halogens is 1. The minimum atomic E-state index is -0.240. The lowest BCUT2D eigenvalue weighted by Crippen LogP contribution is -2.42. The number of aliphatic hydroxyl groups is 1. The normalized spacial score (nSPS) is 11.8. The molecule has 106 valence electrons. The van der Waals surface area contributed by atoms with Crippen molar-refractivity contribution in [1.82, 2.24) is 10.2 Å². The maximum atomic E-state index is 11.6. The molecule has 0 bridgehead atoms. The smallest absolute Gasteiger partial charge is 0.317 e. The highest BCUT2D eigenvalue weighted by Gasteiger charge is 2.10. The van der Waals surface area contributed by atoms with Crippen LogP contribution in [0.4, 0.5) is 4.79 Å². The molecule has 0 aliphatic carbocycles. The van der Waals surface area contributed by atoms with Gasteiger partial charge in [-0.2, -0.15) is 0 Å². The van der Waals surface area contributed by atoms with Crippen LogP contribution in [0.3, 0.4) is 0 Å². The number of hydrogen-bond acceptors (Lipinski definition) is 3. The molecule has 0 aliphatic rings. The Morgan fingerprint density at radius 3 is 2.95 bits per heavy atom. The maximum absolute atomic E-state index is 11.6.